The topological polar surface area (TPSA) is 49.9 Å². The minimum atomic E-state index is 0.582. The first-order chi connectivity index (χ1) is 12.4. The number of hydrogen-bond acceptors (Lipinski definition) is 3. The van der Waals surface area contributed by atoms with Gasteiger partial charge in [0.15, 0.2) is 0 Å². The summed E-state index contributed by atoms with van der Waals surface area (Å²) < 4.78 is 5.97. The van der Waals surface area contributed by atoms with Gasteiger partial charge in [-0.25, -0.2) is 4.98 Å². The van der Waals surface area contributed by atoms with E-state index >= 15 is 0 Å². The number of aromatic amines is 1. The number of nitrogens with zero attached hydrogens (tertiary/aromatic N) is 1. The molecule has 0 spiro atoms. The molecule has 0 unspecified atom stereocenters. The highest BCUT2D eigenvalue weighted by atomic mass is 16.5. The largest absolute Gasteiger partial charge is 0.489 e. The molecule has 0 aliphatic carbocycles. The highest BCUT2D eigenvalue weighted by Gasteiger charge is 2.14. The first-order valence-electron chi connectivity index (χ1n) is 8.90. The molecule has 1 saturated heterocycles. The lowest BCUT2D eigenvalue weighted by atomic mass is 9.90. The van der Waals surface area contributed by atoms with Crippen molar-refractivity contribution in [1.29, 1.82) is 0 Å². The predicted octanol–water partition coefficient (Wildman–Crippen LogP) is 4.12. The molecule has 0 radical (unpaired) electrons. The number of H-pyrrole nitrogens is 1. The standard InChI is InChI=1S/C21H23N3O/c1-2-19(21-13-23-15-24-21)12-20(3-1)25-14-16-4-6-17(7-5-16)18-8-10-22-11-9-18/h1-7,12-13,15,18,22H,8-11,14H2,(H,23,24). The first-order valence-corrected chi connectivity index (χ1v) is 8.90. The van der Waals surface area contributed by atoms with Gasteiger partial charge in [0.05, 0.1) is 18.2 Å². The van der Waals surface area contributed by atoms with Crippen LogP contribution in [0.25, 0.3) is 11.3 Å². The van der Waals surface area contributed by atoms with Crippen molar-refractivity contribution in [2.24, 2.45) is 0 Å². The van der Waals surface area contributed by atoms with Crippen LogP contribution in [-0.2, 0) is 6.61 Å². The maximum atomic E-state index is 5.97. The lowest BCUT2D eigenvalue weighted by molar-refractivity contribution is 0.306. The van der Waals surface area contributed by atoms with Crippen LogP contribution >= 0.6 is 0 Å². The number of hydrogen-bond donors (Lipinski definition) is 2. The number of ether oxygens (including phenoxy) is 1. The molecular formula is C21H23N3O. The summed E-state index contributed by atoms with van der Waals surface area (Å²) in [5.41, 5.74) is 4.73. The Hall–Kier alpha value is -2.59. The second-order valence-corrected chi connectivity index (χ2v) is 6.55. The summed E-state index contributed by atoms with van der Waals surface area (Å²) in [6.07, 6.45) is 5.97. The molecule has 4 nitrogen and oxygen atoms in total. The zero-order valence-electron chi connectivity index (χ0n) is 14.2. The van der Waals surface area contributed by atoms with Gasteiger partial charge in [0.1, 0.15) is 12.4 Å². The fourth-order valence-corrected chi connectivity index (χ4v) is 3.38. The van der Waals surface area contributed by atoms with Crippen LogP contribution in [-0.4, -0.2) is 23.1 Å². The van der Waals surface area contributed by atoms with Crippen molar-refractivity contribution >= 4 is 0 Å². The van der Waals surface area contributed by atoms with Gasteiger partial charge in [-0.1, -0.05) is 36.4 Å². The minimum absolute atomic E-state index is 0.582. The molecule has 0 amide bonds. The Kier molecular flexibility index (Phi) is 4.79. The Balaban J connectivity index is 1.39. The average Bonchev–Trinajstić information content (AvgIpc) is 3.23. The predicted molar refractivity (Wildman–Crippen MR) is 99.6 cm³/mol. The van der Waals surface area contributed by atoms with Crippen LogP contribution in [0.5, 0.6) is 5.75 Å². The molecule has 0 atom stereocenters. The molecule has 0 saturated carbocycles. The van der Waals surface area contributed by atoms with Gasteiger partial charge in [-0.2, -0.15) is 0 Å². The fraction of sp³-hybridized carbons (Fsp3) is 0.286. The van der Waals surface area contributed by atoms with E-state index < -0.39 is 0 Å². The zero-order valence-corrected chi connectivity index (χ0v) is 14.2. The van der Waals surface area contributed by atoms with Crippen molar-refractivity contribution < 1.29 is 4.74 Å². The molecule has 0 bridgehead atoms. The van der Waals surface area contributed by atoms with E-state index in [-0.39, 0.29) is 0 Å². The monoisotopic (exact) mass is 333 g/mol. The van der Waals surface area contributed by atoms with Gasteiger partial charge in [0, 0.05) is 5.56 Å². The molecule has 4 heteroatoms. The summed E-state index contributed by atoms with van der Waals surface area (Å²) in [6, 6.07) is 17.0. The number of aromatic nitrogens is 2. The zero-order chi connectivity index (χ0) is 16.9. The van der Waals surface area contributed by atoms with Crippen molar-refractivity contribution in [3.8, 4) is 17.0 Å². The Bertz CT molecular complexity index is 790. The van der Waals surface area contributed by atoms with Crippen LogP contribution in [0.3, 0.4) is 0 Å². The summed E-state index contributed by atoms with van der Waals surface area (Å²) in [7, 11) is 0. The number of piperidine rings is 1. The van der Waals surface area contributed by atoms with E-state index in [1.165, 1.54) is 24.0 Å². The Labute approximate surface area is 148 Å². The van der Waals surface area contributed by atoms with Crippen LogP contribution in [0, 0.1) is 0 Å². The third kappa shape index (κ3) is 3.91. The van der Waals surface area contributed by atoms with Crippen LogP contribution in [0.15, 0.2) is 61.1 Å². The van der Waals surface area contributed by atoms with Crippen LogP contribution in [0.1, 0.15) is 29.9 Å². The maximum absolute atomic E-state index is 5.97. The van der Waals surface area contributed by atoms with Gasteiger partial charge in [0.25, 0.3) is 0 Å². The number of imidazole rings is 1. The van der Waals surface area contributed by atoms with E-state index in [1.54, 1.807) is 6.33 Å². The number of benzene rings is 2. The first kappa shape index (κ1) is 15.9. The van der Waals surface area contributed by atoms with Crippen LogP contribution in [0.4, 0.5) is 0 Å². The van der Waals surface area contributed by atoms with E-state index in [2.05, 4.69) is 39.6 Å². The summed E-state index contributed by atoms with van der Waals surface area (Å²) in [5.74, 6) is 1.57. The van der Waals surface area contributed by atoms with Crippen molar-refractivity contribution in [2.75, 3.05) is 13.1 Å². The van der Waals surface area contributed by atoms with Crippen molar-refractivity contribution in [3.05, 3.63) is 72.2 Å². The molecule has 1 aliphatic rings. The third-order valence-corrected chi connectivity index (χ3v) is 4.84. The molecule has 128 valence electrons. The molecule has 3 aromatic rings. The molecule has 1 fully saturated rings. The molecule has 25 heavy (non-hydrogen) atoms. The van der Waals surface area contributed by atoms with Crippen LogP contribution < -0.4 is 10.1 Å². The quantitative estimate of drug-likeness (QED) is 0.738. The second kappa shape index (κ2) is 7.53. The van der Waals surface area contributed by atoms with Gasteiger partial charge in [-0.3, -0.25) is 0 Å². The van der Waals surface area contributed by atoms with E-state index in [0.29, 0.717) is 12.5 Å². The Morgan fingerprint density at radius 2 is 1.88 bits per heavy atom. The minimum Gasteiger partial charge on any atom is -0.489 e. The Morgan fingerprint density at radius 1 is 1.04 bits per heavy atom. The normalized spacial score (nSPS) is 15.2. The number of rotatable bonds is 5. The fourth-order valence-electron chi connectivity index (χ4n) is 3.38. The molecule has 1 aliphatic heterocycles. The highest BCUT2D eigenvalue weighted by Crippen LogP contribution is 2.26. The van der Waals surface area contributed by atoms with Gasteiger partial charge in [-0.15, -0.1) is 0 Å². The van der Waals surface area contributed by atoms with E-state index in [9.17, 15) is 0 Å². The summed E-state index contributed by atoms with van der Waals surface area (Å²) >= 11 is 0. The van der Waals surface area contributed by atoms with E-state index in [1.807, 2.05) is 30.5 Å². The summed E-state index contributed by atoms with van der Waals surface area (Å²) in [5, 5.41) is 3.42. The molecule has 1 aromatic heterocycles. The van der Waals surface area contributed by atoms with Crippen LogP contribution in [0.2, 0.25) is 0 Å². The lowest BCUT2D eigenvalue weighted by Crippen LogP contribution is -2.26. The van der Waals surface area contributed by atoms with Gasteiger partial charge in [0.2, 0.25) is 0 Å². The summed E-state index contributed by atoms with van der Waals surface area (Å²) in [4.78, 5) is 7.19. The smallest absolute Gasteiger partial charge is 0.120 e. The van der Waals surface area contributed by atoms with Gasteiger partial charge in [-0.05, 0) is 55.1 Å². The van der Waals surface area contributed by atoms with Crippen molar-refractivity contribution in [1.82, 2.24) is 15.3 Å². The van der Waals surface area contributed by atoms with Crippen molar-refractivity contribution in [3.63, 3.8) is 0 Å². The second-order valence-electron chi connectivity index (χ2n) is 6.55. The molecule has 2 aromatic carbocycles. The highest BCUT2D eigenvalue weighted by molar-refractivity contribution is 5.60. The molecule has 2 heterocycles. The third-order valence-electron chi connectivity index (χ3n) is 4.84. The van der Waals surface area contributed by atoms with E-state index in [0.717, 1.165) is 30.1 Å². The van der Waals surface area contributed by atoms with Crippen molar-refractivity contribution in [2.45, 2.75) is 25.4 Å². The Morgan fingerprint density at radius 3 is 2.64 bits per heavy atom. The van der Waals surface area contributed by atoms with E-state index in [4.69, 9.17) is 4.74 Å². The lowest BCUT2D eigenvalue weighted by Gasteiger charge is -2.23. The molecule has 2 N–H and O–H groups in total. The molecular weight excluding hydrogens is 310 g/mol. The average molecular weight is 333 g/mol. The van der Waals surface area contributed by atoms with Gasteiger partial charge >= 0.3 is 0 Å². The SMILES string of the molecule is c1cc(OCc2ccc(C3CCNCC3)cc2)cc(-c2cnc[nH]2)c1. The summed E-state index contributed by atoms with van der Waals surface area (Å²) in [6.45, 7) is 2.84. The maximum Gasteiger partial charge on any atom is 0.120 e. The molecule has 4 rings (SSSR count). The number of nitrogens with one attached hydrogen (secondary N) is 2. The van der Waals surface area contributed by atoms with Gasteiger partial charge < -0.3 is 15.0 Å².